The first-order valence-electron chi connectivity index (χ1n) is 8.89. The molecule has 1 N–H and O–H groups in total. The molecule has 4 heteroatoms. The van der Waals surface area contributed by atoms with Gasteiger partial charge in [0.15, 0.2) is 0 Å². The van der Waals surface area contributed by atoms with Crippen LogP contribution < -0.4 is 5.32 Å². The zero-order valence-electron chi connectivity index (χ0n) is 14.8. The van der Waals surface area contributed by atoms with Crippen molar-refractivity contribution in [3.63, 3.8) is 0 Å². The Labute approximate surface area is 141 Å². The van der Waals surface area contributed by atoms with Crippen molar-refractivity contribution < 1.29 is 8.42 Å². The number of nitrogens with one attached hydrogen (secondary N) is 1. The van der Waals surface area contributed by atoms with Crippen LogP contribution in [0.2, 0.25) is 0 Å². The van der Waals surface area contributed by atoms with Crippen LogP contribution in [0.5, 0.6) is 0 Å². The monoisotopic (exact) mass is 337 g/mol. The van der Waals surface area contributed by atoms with Crippen LogP contribution >= 0.6 is 0 Å². The Hall–Kier alpha value is -0.870. The largest absolute Gasteiger partial charge is 0.310 e. The van der Waals surface area contributed by atoms with Crippen LogP contribution in [-0.4, -0.2) is 26.5 Å². The van der Waals surface area contributed by atoms with E-state index >= 15 is 0 Å². The normalized spacial score (nSPS) is 19.7. The molecule has 1 aromatic rings. The smallest absolute Gasteiger partial charge is 0.150 e. The third kappa shape index (κ3) is 5.05. The van der Waals surface area contributed by atoms with Crippen LogP contribution in [0, 0.1) is 0 Å². The zero-order valence-corrected chi connectivity index (χ0v) is 15.6. The van der Waals surface area contributed by atoms with E-state index in [1.165, 1.54) is 11.1 Å². The number of fused-ring (bicyclic) bond motifs is 1. The summed E-state index contributed by atoms with van der Waals surface area (Å²) < 4.78 is 22.9. The predicted molar refractivity (Wildman–Crippen MR) is 97.6 cm³/mol. The van der Waals surface area contributed by atoms with E-state index < -0.39 is 9.84 Å². The summed E-state index contributed by atoms with van der Waals surface area (Å²) in [5.41, 5.74) is 3.18. The summed E-state index contributed by atoms with van der Waals surface area (Å²) in [7, 11) is -2.79. The van der Waals surface area contributed by atoms with Gasteiger partial charge in [-0.1, -0.05) is 57.9 Å². The number of hydrogen-bond acceptors (Lipinski definition) is 3. The van der Waals surface area contributed by atoms with Gasteiger partial charge in [0, 0.05) is 11.8 Å². The predicted octanol–water partition coefficient (Wildman–Crippen LogP) is 3.99. The van der Waals surface area contributed by atoms with Crippen molar-refractivity contribution >= 4 is 9.84 Å². The first kappa shape index (κ1) is 18.5. The molecular formula is C19H31NO2S. The molecule has 23 heavy (non-hydrogen) atoms. The molecule has 2 rings (SSSR count). The molecule has 1 aromatic carbocycles. The number of unbranched alkanes of at least 4 members (excludes halogenated alkanes) is 3. The second-order valence-electron chi connectivity index (χ2n) is 7.33. The average Bonchev–Trinajstić information content (AvgIpc) is 2.78. The fourth-order valence-electron chi connectivity index (χ4n) is 3.55. The number of sulfone groups is 1. The van der Waals surface area contributed by atoms with Crippen LogP contribution in [0.4, 0.5) is 0 Å². The molecule has 1 unspecified atom stereocenters. The molecule has 1 atom stereocenters. The van der Waals surface area contributed by atoms with Gasteiger partial charge in [-0.25, -0.2) is 8.42 Å². The van der Waals surface area contributed by atoms with Crippen molar-refractivity contribution in [3.8, 4) is 0 Å². The van der Waals surface area contributed by atoms with E-state index in [-0.39, 0.29) is 11.2 Å². The standard InChI is InChI=1S/C19H31NO2S/c1-4-23(21,22)14-10-6-5-9-13-20-18-15-19(2,3)17-12-8-7-11-16(17)18/h7-8,11-12,18,20H,4-6,9-10,13-15H2,1-3H3. The highest BCUT2D eigenvalue weighted by Crippen LogP contribution is 2.44. The lowest BCUT2D eigenvalue weighted by molar-refractivity contribution is 0.422. The molecule has 0 heterocycles. The summed E-state index contributed by atoms with van der Waals surface area (Å²) in [4.78, 5) is 0. The van der Waals surface area contributed by atoms with Crippen LogP contribution in [0.25, 0.3) is 0 Å². The summed E-state index contributed by atoms with van der Waals surface area (Å²) >= 11 is 0. The molecule has 3 nitrogen and oxygen atoms in total. The highest BCUT2D eigenvalue weighted by molar-refractivity contribution is 7.91. The van der Waals surface area contributed by atoms with Gasteiger partial charge in [0.1, 0.15) is 9.84 Å². The molecule has 1 aliphatic carbocycles. The average molecular weight is 338 g/mol. The topological polar surface area (TPSA) is 46.2 Å². The van der Waals surface area contributed by atoms with Gasteiger partial charge >= 0.3 is 0 Å². The maximum absolute atomic E-state index is 11.4. The van der Waals surface area contributed by atoms with Gasteiger partial charge in [0.05, 0.1) is 5.75 Å². The third-order valence-corrected chi connectivity index (χ3v) is 6.78. The van der Waals surface area contributed by atoms with E-state index in [2.05, 4.69) is 43.4 Å². The summed E-state index contributed by atoms with van der Waals surface area (Å²) in [6, 6.07) is 9.22. The molecular weight excluding hydrogens is 306 g/mol. The molecule has 0 radical (unpaired) electrons. The van der Waals surface area contributed by atoms with Crippen LogP contribution in [0.1, 0.15) is 70.0 Å². The van der Waals surface area contributed by atoms with Crippen LogP contribution in [0.3, 0.4) is 0 Å². The molecule has 0 aliphatic heterocycles. The van der Waals surface area contributed by atoms with Crippen molar-refractivity contribution in [2.45, 2.75) is 64.3 Å². The van der Waals surface area contributed by atoms with Gasteiger partial charge in [-0.3, -0.25) is 0 Å². The van der Waals surface area contributed by atoms with Crippen molar-refractivity contribution in [3.05, 3.63) is 35.4 Å². The molecule has 0 bridgehead atoms. The molecule has 1 aliphatic rings. The third-order valence-electron chi connectivity index (χ3n) is 4.99. The minimum Gasteiger partial charge on any atom is -0.310 e. The first-order chi connectivity index (χ1) is 10.9. The van der Waals surface area contributed by atoms with Gasteiger partial charge in [0.2, 0.25) is 0 Å². The zero-order chi connectivity index (χ0) is 16.9. The van der Waals surface area contributed by atoms with E-state index in [1.54, 1.807) is 6.92 Å². The molecule has 130 valence electrons. The van der Waals surface area contributed by atoms with Gasteiger partial charge in [-0.05, 0) is 42.3 Å². The lowest BCUT2D eigenvalue weighted by atomic mass is 9.86. The Kier molecular flexibility index (Phi) is 6.26. The quantitative estimate of drug-likeness (QED) is 0.693. The summed E-state index contributed by atoms with van der Waals surface area (Å²) in [6.07, 6.45) is 5.18. The Morgan fingerprint density at radius 3 is 2.57 bits per heavy atom. The number of benzene rings is 1. The molecule has 0 aromatic heterocycles. The highest BCUT2D eigenvalue weighted by atomic mass is 32.2. The van der Waals surface area contributed by atoms with E-state index in [9.17, 15) is 8.42 Å². The minimum atomic E-state index is -2.79. The van der Waals surface area contributed by atoms with Crippen LogP contribution in [-0.2, 0) is 15.3 Å². The van der Waals surface area contributed by atoms with Gasteiger partial charge in [-0.15, -0.1) is 0 Å². The van der Waals surface area contributed by atoms with Crippen molar-refractivity contribution in [1.29, 1.82) is 0 Å². The molecule has 0 amide bonds. The number of rotatable bonds is 9. The Balaban J connectivity index is 1.68. The number of hydrogen-bond donors (Lipinski definition) is 1. The summed E-state index contributed by atoms with van der Waals surface area (Å²) in [6.45, 7) is 7.37. The summed E-state index contributed by atoms with van der Waals surface area (Å²) in [5, 5.41) is 3.69. The SMILES string of the molecule is CCS(=O)(=O)CCCCCCNC1CC(C)(C)c2ccccc21. The molecule has 0 saturated carbocycles. The molecule has 0 saturated heterocycles. The summed E-state index contributed by atoms with van der Waals surface area (Å²) in [5.74, 6) is 0.618. The van der Waals surface area contributed by atoms with Gasteiger partial charge in [-0.2, -0.15) is 0 Å². The van der Waals surface area contributed by atoms with Gasteiger partial charge in [0.25, 0.3) is 0 Å². The van der Waals surface area contributed by atoms with Crippen molar-refractivity contribution in [1.82, 2.24) is 5.32 Å². The first-order valence-corrected chi connectivity index (χ1v) is 10.7. The lowest BCUT2D eigenvalue weighted by Gasteiger charge is -2.19. The highest BCUT2D eigenvalue weighted by Gasteiger charge is 2.35. The Bertz CT molecular complexity index is 608. The second-order valence-corrected chi connectivity index (χ2v) is 9.81. The Morgan fingerprint density at radius 1 is 1.13 bits per heavy atom. The molecule has 0 fully saturated rings. The minimum absolute atomic E-state index is 0.253. The Morgan fingerprint density at radius 2 is 1.83 bits per heavy atom. The molecule has 0 spiro atoms. The fraction of sp³-hybridized carbons (Fsp3) is 0.684. The lowest BCUT2D eigenvalue weighted by Crippen LogP contribution is -2.22. The van der Waals surface area contributed by atoms with Crippen molar-refractivity contribution in [2.24, 2.45) is 0 Å². The van der Waals surface area contributed by atoms with Crippen molar-refractivity contribution in [2.75, 3.05) is 18.1 Å². The van der Waals surface area contributed by atoms with E-state index in [0.29, 0.717) is 11.8 Å². The maximum Gasteiger partial charge on any atom is 0.150 e. The second kappa shape index (κ2) is 7.80. The maximum atomic E-state index is 11.4. The van der Waals surface area contributed by atoms with Crippen LogP contribution in [0.15, 0.2) is 24.3 Å². The van der Waals surface area contributed by atoms with Gasteiger partial charge < -0.3 is 5.32 Å². The van der Waals surface area contributed by atoms with E-state index in [1.807, 2.05) is 0 Å². The fourth-order valence-corrected chi connectivity index (χ4v) is 4.48. The van der Waals surface area contributed by atoms with E-state index in [0.717, 1.165) is 38.6 Å². The van der Waals surface area contributed by atoms with E-state index in [4.69, 9.17) is 0 Å².